The predicted octanol–water partition coefficient (Wildman–Crippen LogP) is 13.8. The summed E-state index contributed by atoms with van der Waals surface area (Å²) >= 11 is 0. The lowest BCUT2D eigenvalue weighted by molar-refractivity contribution is 1.07. The summed E-state index contributed by atoms with van der Waals surface area (Å²) in [5.41, 5.74) is 10.9. The van der Waals surface area contributed by atoms with E-state index in [2.05, 4.69) is 156 Å². The van der Waals surface area contributed by atoms with Gasteiger partial charge < -0.3 is 0 Å². The molecule has 0 unspecified atom stereocenters. The van der Waals surface area contributed by atoms with E-state index < -0.39 is 0 Å². The maximum atomic E-state index is 5.31. The van der Waals surface area contributed by atoms with Gasteiger partial charge in [-0.15, -0.1) is 0 Å². The minimum atomic E-state index is 0.590. The Labute approximate surface area is 347 Å². The van der Waals surface area contributed by atoms with Crippen LogP contribution in [0.5, 0.6) is 0 Å². The number of aromatic nitrogens is 5. The molecule has 60 heavy (non-hydrogen) atoms. The van der Waals surface area contributed by atoms with Crippen LogP contribution in [0, 0.1) is 0 Å². The molecular formula is C55H35N5. The van der Waals surface area contributed by atoms with E-state index in [1.807, 2.05) is 67.0 Å². The molecule has 3 aromatic heterocycles. The lowest BCUT2D eigenvalue weighted by Gasteiger charge is -2.14. The topological polar surface area (TPSA) is 64.5 Å². The number of nitrogens with zero attached hydrogens (tertiary/aromatic N) is 5. The van der Waals surface area contributed by atoms with Gasteiger partial charge in [-0.2, -0.15) is 0 Å². The Hall–Kier alpha value is -8.15. The van der Waals surface area contributed by atoms with Crippen molar-refractivity contribution >= 4 is 32.3 Å². The van der Waals surface area contributed by atoms with Gasteiger partial charge in [0.1, 0.15) is 0 Å². The second kappa shape index (κ2) is 15.0. The lowest BCUT2D eigenvalue weighted by atomic mass is 9.93. The Morgan fingerprint density at radius 2 is 0.617 bits per heavy atom. The highest BCUT2D eigenvalue weighted by molar-refractivity contribution is 6.25. The highest BCUT2D eigenvalue weighted by Gasteiger charge is 2.17. The molecule has 280 valence electrons. The Morgan fingerprint density at radius 3 is 1.15 bits per heavy atom. The first kappa shape index (κ1) is 35.0. The van der Waals surface area contributed by atoms with E-state index in [1.54, 1.807) is 0 Å². The normalized spacial score (nSPS) is 11.3. The Kier molecular flexibility index (Phi) is 8.75. The van der Waals surface area contributed by atoms with Gasteiger partial charge in [0.15, 0.2) is 17.5 Å². The SMILES string of the molecule is c1ccc(-c2nc(-c3cc(-c4cccc(-c5ccccn5)c4)cc(-c4cccc(-c5ccccn5)c4)c3)nc(-c3ccc4c5ccccc5c5ccccc5c4c3)n2)cc1. The van der Waals surface area contributed by atoms with E-state index in [-0.39, 0.29) is 0 Å². The van der Waals surface area contributed by atoms with E-state index in [9.17, 15) is 0 Å². The van der Waals surface area contributed by atoms with E-state index >= 15 is 0 Å². The zero-order valence-electron chi connectivity index (χ0n) is 32.4. The zero-order valence-corrected chi connectivity index (χ0v) is 32.4. The van der Waals surface area contributed by atoms with Crippen molar-refractivity contribution in [2.45, 2.75) is 0 Å². The molecule has 0 saturated heterocycles. The Morgan fingerprint density at radius 1 is 0.217 bits per heavy atom. The third kappa shape index (κ3) is 6.54. The summed E-state index contributed by atoms with van der Waals surface area (Å²) in [5, 5.41) is 7.25. The maximum Gasteiger partial charge on any atom is 0.164 e. The second-order valence-corrected chi connectivity index (χ2v) is 14.9. The van der Waals surface area contributed by atoms with E-state index in [1.165, 1.54) is 26.9 Å². The molecule has 0 aliphatic heterocycles. The van der Waals surface area contributed by atoms with Crippen LogP contribution < -0.4 is 0 Å². The molecule has 3 heterocycles. The van der Waals surface area contributed by atoms with Crippen LogP contribution in [0.2, 0.25) is 0 Å². The van der Waals surface area contributed by atoms with Gasteiger partial charge >= 0.3 is 0 Å². The quantitative estimate of drug-likeness (QED) is 0.151. The minimum Gasteiger partial charge on any atom is -0.256 e. The summed E-state index contributed by atoms with van der Waals surface area (Å²) in [4.78, 5) is 25.0. The van der Waals surface area contributed by atoms with Crippen LogP contribution in [0.25, 0.3) is 111 Å². The third-order valence-corrected chi connectivity index (χ3v) is 11.2. The van der Waals surface area contributed by atoms with E-state index in [0.29, 0.717) is 17.5 Å². The van der Waals surface area contributed by atoms with Crippen LogP contribution in [-0.2, 0) is 0 Å². The molecule has 5 heteroatoms. The molecule has 11 aromatic rings. The number of pyridine rings is 2. The standard InChI is InChI=1S/C55H35N5/c1-2-14-36(15-3-1)53-58-54(41-26-27-49-47-22-5-4-20-45(47)46-21-6-7-23-48(46)50(49)35-41)60-55(59-53)44-33-42(37-16-12-18-39(30-37)51-24-8-10-28-56-51)32-43(34-44)38-17-13-19-40(31-38)52-25-9-11-29-57-52/h1-35H. The summed E-state index contributed by atoms with van der Waals surface area (Å²) in [6.07, 6.45) is 3.66. The lowest BCUT2D eigenvalue weighted by Crippen LogP contribution is -2.01. The molecule has 0 atom stereocenters. The summed E-state index contributed by atoms with van der Waals surface area (Å²) in [5.74, 6) is 1.81. The second-order valence-electron chi connectivity index (χ2n) is 14.9. The zero-order chi connectivity index (χ0) is 39.8. The molecule has 11 rings (SSSR count). The van der Waals surface area contributed by atoms with Crippen LogP contribution in [0.15, 0.2) is 213 Å². The highest BCUT2D eigenvalue weighted by atomic mass is 15.0. The monoisotopic (exact) mass is 765 g/mol. The van der Waals surface area contributed by atoms with Gasteiger partial charge in [0.05, 0.1) is 11.4 Å². The van der Waals surface area contributed by atoms with Crippen molar-refractivity contribution in [1.82, 2.24) is 24.9 Å². The molecular weight excluding hydrogens is 731 g/mol. The first-order valence-electron chi connectivity index (χ1n) is 20.1. The average Bonchev–Trinajstić information content (AvgIpc) is 3.34. The number of fused-ring (bicyclic) bond motifs is 6. The molecule has 5 nitrogen and oxygen atoms in total. The molecule has 0 aliphatic rings. The van der Waals surface area contributed by atoms with Crippen molar-refractivity contribution in [3.63, 3.8) is 0 Å². The molecule has 0 saturated carbocycles. The van der Waals surface area contributed by atoms with Gasteiger partial charge in [0.2, 0.25) is 0 Å². The first-order valence-corrected chi connectivity index (χ1v) is 20.1. The summed E-state index contributed by atoms with van der Waals surface area (Å²) in [6, 6.07) is 69.8. The molecule has 0 aliphatic carbocycles. The van der Waals surface area contributed by atoms with Crippen molar-refractivity contribution < 1.29 is 0 Å². The summed E-state index contributed by atoms with van der Waals surface area (Å²) < 4.78 is 0. The fraction of sp³-hybridized carbons (Fsp3) is 0. The fourth-order valence-electron chi connectivity index (χ4n) is 8.27. The van der Waals surface area contributed by atoms with Crippen molar-refractivity contribution in [2.75, 3.05) is 0 Å². The number of rotatable bonds is 7. The van der Waals surface area contributed by atoms with Crippen molar-refractivity contribution in [3.8, 4) is 78.9 Å². The summed E-state index contributed by atoms with van der Waals surface area (Å²) in [6.45, 7) is 0. The van der Waals surface area contributed by atoms with Crippen LogP contribution in [-0.4, -0.2) is 24.9 Å². The molecule has 0 fully saturated rings. The molecule has 0 N–H and O–H groups in total. The number of hydrogen-bond acceptors (Lipinski definition) is 5. The Bertz CT molecular complexity index is 3230. The van der Waals surface area contributed by atoms with Crippen LogP contribution in [0.3, 0.4) is 0 Å². The molecule has 0 spiro atoms. The fourth-order valence-corrected chi connectivity index (χ4v) is 8.27. The van der Waals surface area contributed by atoms with Gasteiger partial charge in [-0.3, -0.25) is 9.97 Å². The first-order chi connectivity index (χ1) is 29.7. The Balaban J connectivity index is 1.13. The smallest absolute Gasteiger partial charge is 0.164 e. The van der Waals surface area contributed by atoms with E-state index in [0.717, 1.165) is 66.8 Å². The van der Waals surface area contributed by atoms with Crippen molar-refractivity contribution in [3.05, 3.63) is 213 Å². The minimum absolute atomic E-state index is 0.590. The van der Waals surface area contributed by atoms with Gasteiger partial charge in [0.25, 0.3) is 0 Å². The van der Waals surface area contributed by atoms with Crippen LogP contribution in [0.4, 0.5) is 0 Å². The van der Waals surface area contributed by atoms with Gasteiger partial charge in [-0.1, -0.05) is 140 Å². The van der Waals surface area contributed by atoms with Gasteiger partial charge in [-0.05, 0) is 115 Å². The van der Waals surface area contributed by atoms with Crippen molar-refractivity contribution in [1.29, 1.82) is 0 Å². The van der Waals surface area contributed by atoms with E-state index in [4.69, 9.17) is 15.0 Å². The van der Waals surface area contributed by atoms with Crippen molar-refractivity contribution in [2.24, 2.45) is 0 Å². The third-order valence-electron chi connectivity index (χ3n) is 11.2. The highest BCUT2D eigenvalue weighted by Crippen LogP contribution is 2.39. The molecule has 8 aromatic carbocycles. The number of benzene rings is 8. The largest absolute Gasteiger partial charge is 0.256 e. The molecule has 0 amide bonds. The van der Waals surface area contributed by atoms with Gasteiger partial charge in [0, 0.05) is 40.2 Å². The van der Waals surface area contributed by atoms with Crippen LogP contribution in [0.1, 0.15) is 0 Å². The predicted molar refractivity (Wildman–Crippen MR) is 246 cm³/mol. The maximum absolute atomic E-state index is 5.31. The van der Waals surface area contributed by atoms with Crippen LogP contribution >= 0.6 is 0 Å². The molecule has 0 bridgehead atoms. The molecule has 0 radical (unpaired) electrons. The van der Waals surface area contributed by atoms with Gasteiger partial charge in [-0.25, -0.2) is 15.0 Å². The number of hydrogen-bond donors (Lipinski definition) is 0. The summed E-state index contributed by atoms with van der Waals surface area (Å²) in [7, 11) is 0. The average molecular weight is 766 g/mol.